The Kier molecular flexibility index (Phi) is 7.06. The van der Waals surface area contributed by atoms with Gasteiger partial charge in [0.15, 0.2) is 0 Å². The number of ether oxygens (including phenoxy) is 1. The maximum atomic E-state index is 12.5. The number of nitriles is 1. The van der Waals surface area contributed by atoms with Crippen molar-refractivity contribution in [3.63, 3.8) is 0 Å². The lowest BCUT2D eigenvalue weighted by molar-refractivity contribution is -0.133. The van der Waals surface area contributed by atoms with E-state index in [-0.39, 0.29) is 5.91 Å². The second kappa shape index (κ2) is 9.26. The lowest BCUT2D eigenvalue weighted by Gasteiger charge is -2.20. The van der Waals surface area contributed by atoms with Crippen LogP contribution < -0.4 is 4.74 Å². The average Bonchev–Trinajstić information content (AvgIpc) is 2.63. The predicted octanol–water partition coefficient (Wildman–Crippen LogP) is 4.52. The van der Waals surface area contributed by atoms with Crippen LogP contribution in [0.15, 0.2) is 42.5 Å². The highest BCUT2D eigenvalue weighted by atomic mass is 35.5. The number of carbonyl (C=O) groups excluding carboxylic acids is 1. The minimum Gasteiger partial charge on any atom is -0.494 e. The number of rotatable bonds is 7. The molecular formula is C21H23ClN2O2. The van der Waals surface area contributed by atoms with Crippen LogP contribution in [0.1, 0.15) is 23.1 Å². The van der Waals surface area contributed by atoms with Crippen LogP contribution in [0.4, 0.5) is 0 Å². The number of halogens is 1. The summed E-state index contributed by atoms with van der Waals surface area (Å²) in [6.45, 7) is 4.61. The van der Waals surface area contributed by atoms with Gasteiger partial charge in [-0.2, -0.15) is 5.26 Å². The van der Waals surface area contributed by atoms with Crippen LogP contribution >= 0.6 is 11.6 Å². The van der Waals surface area contributed by atoms with Gasteiger partial charge < -0.3 is 9.64 Å². The Morgan fingerprint density at radius 3 is 2.42 bits per heavy atom. The number of aryl methyl sites for hydroxylation is 2. The molecule has 0 saturated heterocycles. The molecule has 0 aliphatic heterocycles. The lowest BCUT2D eigenvalue weighted by atomic mass is 10.1. The molecule has 0 fully saturated rings. The summed E-state index contributed by atoms with van der Waals surface area (Å²) in [4.78, 5) is 14.1. The monoisotopic (exact) mass is 370 g/mol. The van der Waals surface area contributed by atoms with Crippen LogP contribution in [0.2, 0.25) is 5.02 Å². The molecule has 2 rings (SSSR count). The summed E-state index contributed by atoms with van der Waals surface area (Å²) in [6, 6.07) is 15.5. The van der Waals surface area contributed by atoms with E-state index < -0.39 is 5.92 Å². The highest BCUT2D eigenvalue weighted by molar-refractivity contribution is 6.32. The van der Waals surface area contributed by atoms with Crippen LogP contribution in [0, 0.1) is 31.1 Å². The minimum atomic E-state index is -0.724. The number of benzene rings is 2. The molecule has 0 spiro atoms. The van der Waals surface area contributed by atoms with Gasteiger partial charge in [0, 0.05) is 25.0 Å². The van der Waals surface area contributed by atoms with Gasteiger partial charge in [-0.1, -0.05) is 41.9 Å². The summed E-state index contributed by atoms with van der Waals surface area (Å²) < 4.78 is 5.72. The molecule has 2 aromatic rings. The van der Waals surface area contributed by atoms with E-state index in [0.717, 1.165) is 21.7 Å². The van der Waals surface area contributed by atoms with Crippen molar-refractivity contribution in [3.05, 3.63) is 64.2 Å². The highest BCUT2D eigenvalue weighted by Crippen LogP contribution is 2.26. The van der Waals surface area contributed by atoms with E-state index in [1.54, 1.807) is 11.9 Å². The lowest BCUT2D eigenvalue weighted by Crippen LogP contribution is -2.32. The Morgan fingerprint density at radius 1 is 1.23 bits per heavy atom. The standard InChI is InChI=1S/C21H23ClN2O2/c1-15-11-19(12-16(2)20(15)22)26-10-9-18(13-23)21(25)24(3)14-17-7-5-4-6-8-17/h4-8,11-12,18H,9-10,14H2,1-3H3. The van der Waals surface area contributed by atoms with E-state index in [0.29, 0.717) is 25.3 Å². The molecular weight excluding hydrogens is 348 g/mol. The molecule has 0 aromatic heterocycles. The molecule has 0 radical (unpaired) electrons. The summed E-state index contributed by atoms with van der Waals surface area (Å²) in [5.41, 5.74) is 2.91. The summed E-state index contributed by atoms with van der Waals surface area (Å²) in [6.07, 6.45) is 0.342. The minimum absolute atomic E-state index is 0.191. The fourth-order valence-electron chi connectivity index (χ4n) is 2.73. The zero-order valence-electron chi connectivity index (χ0n) is 15.3. The Morgan fingerprint density at radius 2 is 1.85 bits per heavy atom. The van der Waals surface area contributed by atoms with Crippen LogP contribution in [-0.4, -0.2) is 24.5 Å². The molecule has 0 heterocycles. The van der Waals surface area contributed by atoms with E-state index in [1.165, 1.54) is 0 Å². The third kappa shape index (κ3) is 5.24. The summed E-state index contributed by atoms with van der Waals surface area (Å²) in [5, 5.41) is 10.1. The normalized spacial score (nSPS) is 11.5. The van der Waals surface area contributed by atoms with E-state index in [9.17, 15) is 10.1 Å². The SMILES string of the molecule is Cc1cc(OCCC(C#N)C(=O)N(C)Cc2ccccc2)cc(C)c1Cl. The van der Waals surface area contributed by atoms with Gasteiger partial charge in [0.2, 0.25) is 5.91 Å². The van der Waals surface area contributed by atoms with Gasteiger partial charge >= 0.3 is 0 Å². The third-order valence-electron chi connectivity index (χ3n) is 4.18. The van der Waals surface area contributed by atoms with Crippen molar-refractivity contribution >= 4 is 17.5 Å². The summed E-state index contributed by atoms with van der Waals surface area (Å²) >= 11 is 6.15. The van der Waals surface area contributed by atoms with Crippen molar-refractivity contribution in [2.75, 3.05) is 13.7 Å². The Balaban J connectivity index is 1.90. The largest absolute Gasteiger partial charge is 0.494 e. The van der Waals surface area contributed by atoms with Gasteiger partial charge in [-0.05, 0) is 42.7 Å². The summed E-state index contributed by atoms with van der Waals surface area (Å²) in [5.74, 6) is -0.215. The van der Waals surface area contributed by atoms with Gasteiger partial charge in [0.1, 0.15) is 11.7 Å². The van der Waals surface area contributed by atoms with Gasteiger partial charge in [-0.15, -0.1) is 0 Å². The van der Waals surface area contributed by atoms with Gasteiger partial charge in [0.05, 0.1) is 12.7 Å². The van der Waals surface area contributed by atoms with Crippen molar-refractivity contribution in [1.82, 2.24) is 4.90 Å². The fraction of sp³-hybridized carbons (Fsp3) is 0.333. The molecule has 4 nitrogen and oxygen atoms in total. The first-order valence-corrected chi connectivity index (χ1v) is 8.88. The quantitative estimate of drug-likeness (QED) is 0.719. The topological polar surface area (TPSA) is 53.3 Å². The van der Waals surface area contributed by atoms with Crippen LogP contribution in [0.3, 0.4) is 0 Å². The number of hydrogen-bond donors (Lipinski definition) is 0. The first-order valence-electron chi connectivity index (χ1n) is 8.50. The average molecular weight is 371 g/mol. The zero-order valence-corrected chi connectivity index (χ0v) is 16.1. The number of hydrogen-bond acceptors (Lipinski definition) is 3. The molecule has 0 bridgehead atoms. The van der Waals surface area contributed by atoms with E-state index >= 15 is 0 Å². The van der Waals surface area contributed by atoms with E-state index in [1.807, 2.05) is 56.3 Å². The molecule has 136 valence electrons. The maximum Gasteiger partial charge on any atom is 0.240 e. The van der Waals surface area contributed by atoms with Gasteiger partial charge in [-0.25, -0.2) is 0 Å². The molecule has 2 aromatic carbocycles. The number of nitrogens with zero attached hydrogens (tertiary/aromatic N) is 2. The molecule has 26 heavy (non-hydrogen) atoms. The Hall–Kier alpha value is -2.51. The number of carbonyl (C=O) groups is 1. The zero-order chi connectivity index (χ0) is 19.1. The molecule has 1 atom stereocenters. The van der Waals surface area contributed by atoms with Crippen molar-refractivity contribution in [2.24, 2.45) is 5.92 Å². The first-order chi connectivity index (χ1) is 12.4. The Bertz CT molecular complexity index is 776. The van der Waals surface area contributed by atoms with Crippen molar-refractivity contribution < 1.29 is 9.53 Å². The third-order valence-corrected chi connectivity index (χ3v) is 4.77. The molecule has 0 saturated carbocycles. The second-order valence-corrected chi connectivity index (χ2v) is 6.75. The maximum absolute atomic E-state index is 12.5. The van der Waals surface area contributed by atoms with Crippen molar-refractivity contribution in [2.45, 2.75) is 26.8 Å². The highest BCUT2D eigenvalue weighted by Gasteiger charge is 2.22. The molecule has 5 heteroatoms. The number of amides is 1. The molecule has 0 aliphatic carbocycles. The van der Waals surface area contributed by atoms with Crippen LogP contribution in [0.25, 0.3) is 0 Å². The van der Waals surface area contributed by atoms with Crippen molar-refractivity contribution in [1.29, 1.82) is 5.26 Å². The molecule has 0 aliphatic rings. The second-order valence-electron chi connectivity index (χ2n) is 6.37. The first kappa shape index (κ1) is 19.8. The van der Waals surface area contributed by atoms with Crippen LogP contribution in [-0.2, 0) is 11.3 Å². The summed E-state index contributed by atoms with van der Waals surface area (Å²) in [7, 11) is 1.71. The molecule has 1 unspecified atom stereocenters. The smallest absolute Gasteiger partial charge is 0.240 e. The van der Waals surface area contributed by atoms with Gasteiger partial charge in [0.25, 0.3) is 0 Å². The van der Waals surface area contributed by atoms with E-state index in [2.05, 4.69) is 6.07 Å². The van der Waals surface area contributed by atoms with Crippen LogP contribution in [0.5, 0.6) is 5.75 Å². The molecule has 1 amide bonds. The fourth-order valence-corrected chi connectivity index (χ4v) is 2.84. The van der Waals surface area contributed by atoms with E-state index in [4.69, 9.17) is 16.3 Å². The predicted molar refractivity (Wildman–Crippen MR) is 103 cm³/mol. The Labute approximate surface area is 160 Å². The molecule has 0 N–H and O–H groups in total. The van der Waals surface area contributed by atoms with Crippen molar-refractivity contribution in [3.8, 4) is 11.8 Å². The van der Waals surface area contributed by atoms with Gasteiger partial charge in [-0.3, -0.25) is 4.79 Å².